The van der Waals surface area contributed by atoms with Crippen LogP contribution in [-0.4, -0.2) is 27.5 Å². The van der Waals surface area contributed by atoms with E-state index in [0.29, 0.717) is 12.8 Å². The molecule has 6 nitrogen and oxygen atoms in total. The van der Waals surface area contributed by atoms with Crippen molar-refractivity contribution in [3.8, 4) is 5.75 Å². The molecule has 1 atom stereocenters. The minimum atomic E-state index is -3.44. The molecule has 150 valence electrons. The summed E-state index contributed by atoms with van der Waals surface area (Å²) in [5, 5.41) is 2.98. The van der Waals surface area contributed by atoms with E-state index in [9.17, 15) is 13.2 Å². The van der Waals surface area contributed by atoms with Gasteiger partial charge in [0.05, 0.1) is 18.0 Å². The largest absolute Gasteiger partial charge is 0.496 e. The van der Waals surface area contributed by atoms with Gasteiger partial charge < -0.3 is 10.1 Å². The molecule has 0 spiro atoms. The Balaban J connectivity index is 1.53. The average Bonchev–Trinajstić information content (AvgIpc) is 3.50. The van der Waals surface area contributed by atoms with E-state index < -0.39 is 10.0 Å². The molecule has 0 aromatic heterocycles. The summed E-state index contributed by atoms with van der Waals surface area (Å²) < 4.78 is 32.4. The maximum Gasteiger partial charge on any atom is 0.240 e. The number of nitrogens with one attached hydrogen (secondary N) is 2. The molecule has 1 saturated carbocycles. The van der Waals surface area contributed by atoms with Crippen LogP contribution in [0.5, 0.6) is 5.75 Å². The highest BCUT2D eigenvalue weighted by Gasteiger charge is 2.27. The zero-order valence-corrected chi connectivity index (χ0v) is 17.0. The average molecular weight is 403 g/mol. The Morgan fingerprint density at radius 3 is 2.46 bits per heavy atom. The van der Waals surface area contributed by atoms with E-state index in [2.05, 4.69) is 10.0 Å². The lowest BCUT2D eigenvalue weighted by Crippen LogP contribution is -2.27. The normalized spacial score (nSPS) is 15.1. The standard InChI is InChI=1S/C21H26N2O4S/c1-15(19-5-3-4-6-20(19)27-2)22-21(24)14-9-16-7-12-18(13-8-16)28(25,26)23-17-10-11-17/h3-8,12-13,15,17,23H,9-11,14H2,1-2H3,(H,22,24)/t15-/m1/s1. The number of hydrogen-bond acceptors (Lipinski definition) is 4. The van der Waals surface area contributed by atoms with Crippen molar-refractivity contribution in [2.24, 2.45) is 0 Å². The van der Waals surface area contributed by atoms with Crippen LogP contribution < -0.4 is 14.8 Å². The third-order valence-corrected chi connectivity index (χ3v) is 6.29. The van der Waals surface area contributed by atoms with Gasteiger partial charge in [-0.1, -0.05) is 30.3 Å². The van der Waals surface area contributed by atoms with Gasteiger partial charge in [-0.2, -0.15) is 0 Å². The van der Waals surface area contributed by atoms with Gasteiger partial charge in [-0.25, -0.2) is 13.1 Å². The van der Waals surface area contributed by atoms with Gasteiger partial charge in [0.1, 0.15) is 5.75 Å². The van der Waals surface area contributed by atoms with Gasteiger partial charge in [-0.3, -0.25) is 4.79 Å². The molecule has 1 aliphatic carbocycles. The van der Waals surface area contributed by atoms with Gasteiger partial charge in [0, 0.05) is 18.0 Å². The number of sulfonamides is 1. The zero-order chi connectivity index (χ0) is 20.1. The third kappa shape index (κ3) is 5.33. The van der Waals surface area contributed by atoms with Crippen molar-refractivity contribution in [2.45, 2.75) is 49.6 Å². The number of carbonyl (C=O) groups excluding carboxylic acids is 1. The van der Waals surface area contributed by atoms with Crippen molar-refractivity contribution in [1.29, 1.82) is 0 Å². The van der Waals surface area contributed by atoms with E-state index >= 15 is 0 Å². The molecule has 3 rings (SSSR count). The number of hydrogen-bond donors (Lipinski definition) is 2. The molecule has 2 N–H and O–H groups in total. The number of methoxy groups -OCH3 is 1. The van der Waals surface area contributed by atoms with Gasteiger partial charge in [0.15, 0.2) is 0 Å². The summed E-state index contributed by atoms with van der Waals surface area (Å²) in [6.45, 7) is 1.92. The lowest BCUT2D eigenvalue weighted by molar-refractivity contribution is -0.121. The Hall–Kier alpha value is -2.38. The highest BCUT2D eigenvalue weighted by molar-refractivity contribution is 7.89. The van der Waals surface area contributed by atoms with E-state index in [1.54, 1.807) is 31.4 Å². The van der Waals surface area contributed by atoms with Crippen LogP contribution in [-0.2, 0) is 21.2 Å². The number of rotatable bonds is 9. The van der Waals surface area contributed by atoms with Gasteiger partial charge in [0.25, 0.3) is 0 Å². The van der Waals surface area contributed by atoms with E-state index in [-0.39, 0.29) is 22.9 Å². The molecule has 1 aliphatic rings. The van der Waals surface area contributed by atoms with Crippen LogP contribution in [0.2, 0.25) is 0 Å². The van der Waals surface area contributed by atoms with E-state index in [1.807, 2.05) is 31.2 Å². The fourth-order valence-electron chi connectivity index (χ4n) is 3.00. The van der Waals surface area contributed by atoms with Gasteiger partial charge in [0.2, 0.25) is 15.9 Å². The minimum Gasteiger partial charge on any atom is -0.496 e. The number of para-hydroxylation sites is 1. The molecule has 1 amide bonds. The van der Waals surface area contributed by atoms with Crippen molar-refractivity contribution >= 4 is 15.9 Å². The molecule has 0 radical (unpaired) electrons. The molecule has 0 aliphatic heterocycles. The first kappa shape index (κ1) is 20.4. The number of aryl methyl sites for hydroxylation is 1. The fourth-order valence-corrected chi connectivity index (χ4v) is 4.30. The lowest BCUT2D eigenvalue weighted by atomic mass is 10.1. The predicted octanol–water partition coefficient (Wildman–Crippen LogP) is 2.95. The molecule has 1 fully saturated rings. The van der Waals surface area contributed by atoms with Crippen LogP contribution in [0.15, 0.2) is 53.4 Å². The van der Waals surface area contributed by atoms with Crippen LogP contribution in [0.3, 0.4) is 0 Å². The van der Waals surface area contributed by atoms with Crippen molar-refractivity contribution in [3.05, 3.63) is 59.7 Å². The number of ether oxygens (including phenoxy) is 1. The molecular weight excluding hydrogens is 376 g/mol. The Morgan fingerprint density at radius 2 is 1.82 bits per heavy atom. The van der Waals surface area contributed by atoms with Crippen LogP contribution >= 0.6 is 0 Å². The third-order valence-electron chi connectivity index (χ3n) is 4.76. The molecule has 28 heavy (non-hydrogen) atoms. The Labute approximate surface area is 166 Å². The summed E-state index contributed by atoms with van der Waals surface area (Å²) in [4.78, 5) is 12.6. The number of amides is 1. The smallest absolute Gasteiger partial charge is 0.240 e. The summed E-state index contributed by atoms with van der Waals surface area (Å²) in [7, 11) is -1.83. The maximum absolute atomic E-state index is 12.3. The van der Waals surface area contributed by atoms with Crippen LogP contribution in [0.4, 0.5) is 0 Å². The molecule has 0 unspecified atom stereocenters. The molecule has 7 heteroatoms. The topological polar surface area (TPSA) is 84.5 Å². The second-order valence-corrected chi connectivity index (χ2v) is 8.78. The monoisotopic (exact) mass is 402 g/mol. The first-order chi connectivity index (χ1) is 13.4. The second-order valence-electron chi connectivity index (χ2n) is 7.07. The van der Waals surface area contributed by atoms with Crippen LogP contribution in [0.25, 0.3) is 0 Å². The van der Waals surface area contributed by atoms with Crippen molar-refractivity contribution in [2.75, 3.05) is 7.11 Å². The molecular formula is C21H26N2O4S. The first-order valence-electron chi connectivity index (χ1n) is 9.42. The Kier molecular flexibility index (Phi) is 6.36. The van der Waals surface area contributed by atoms with Crippen molar-refractivity contribution in [3.63, 3.8) is 0 Å². The van der Waals surface area contributed by atoms with Crippen molar-refractivity contribution in [1.82, 2.24) is 10.0 Å². The van der Waals surface area contributed by atoms with E-state index in [0.717, 1.165) is 29.7 Å². The summed E-state index contributed by atoms with van der Waals surface area (Å²) in [5.41, 5.74) is 1.85. The van der Waals surface area contributed by atoms with E-state index in [4.69, 9.17) is 4.74 Å². The Morgan fingerprint density at radius 1 is 1.14 bits per heavy atom. The predicted molar refractivity (Wildman–Crippen MR) is 108 cm³/mol. The molecule has 2 aromatic carbocycles. The highest BCUT2D eigenvalue weighted by Crippen LogP contribution is 2.24. The molecule has 0 heterocycles. The Bertz CT molecular complexity index is 922. The van der Waals surface area contributed by atoms with Crippen LogP contribution in [0.1, 0.15) is 43.4 Å². The maximum atomic E-state index is 12.3. The van der Waals surface area contributed by atoms with Crippen LogP contribution in [0, 0.1) is 0 Å². The number of benzene rings is 2. The first-order valence-corrected chi connectivity index (χ1v) is 10.9. The van der Waals surface area contributed by atoms with Crippen molar-refractivity contribution < 1.29 is 17.9 Å². The lowest BCUT2D eigenvalue weighted by Gasteiger charge is -2.17. The SMILES string of the molecule is COc1ccccc1[C@@H](C)NC(=O)CCc1ccc(S(=O)(=O)NC2CC2)cc1. The van der Waals surface area contributed by atoms with Gasteiger partial charge >= 0.3 is 0 Å². The summed E-state index contributed by atoms with van der Waals surface area (Å²) in [5.74, 6) is 0.678. The molecule has 0 saturated heterocycles. The number of carbonyl (C=O) groups is 1. The van der Waals surface area contributed by atoms with E-state index in [1.165, 1.54) is 0 Å². The van der Waals surface area contributed by atoms with Gasteiger partial charge in [-0.05, 0) is 49.9 Å². The fraction of sp³-hybridized carbons (Fsp3) is 0.381. The molecule has 2 aromatic rings. The molecule has 0 bridgehead atoms. The minimum absolute atomic E-state index is 0.0643. The second kappa shape index (κ2) is 8.75. The zero-order valence-electron chi connectivity index (χ0n) is 16.1. The highest BCUT2D eigenvalue weighted by atomic mass is 32.2. The summed E-state index contributed by atoms with van der Waals surface area (Å²) >= 11 is 0. The quantitative estimate of drug-likeness (QED) is 0.675. The summed E-state index contributed by atoms with van der Waals surface area (Å²) in [6, 6.07) is 14.2. The van der Waals surface area contributed by atoms with Gasteiger partial charge in [-0.15, -0.1) is 0 Å². The summed E-state index contributed by atoms with van der Waals surface area (Å²) in [6.07, 6.45) is 2.67.